The Morgan fingerprint density at radius 2 is 2.14 bits per heavy atom. The number of H-pyrrole nitrogens is 1. The van der Waals surface area contributed by atoms with Crippen molar-refractivity contribution in [2.24, 2.45) is 0 Å². The van der Waals surface area contributed by atoms with Gasteiger partial charge in [-0.1, -0.05) is 12.1 Å². The molecule has 0 aliphatic carbocycles. The standard InChI is InChI=1S/C15H14N6O/c16-7-3-6-12(17)21-8-11(22)13(14(21)18)15-19-9-4-1-2-5-10(9)20-15/h1-7,16-18,22H,8H2,(H,19,20)/b6-3-,16-7?,17-12?,18-14?. The van der Waals surface area contributed by atoms with Crippen LogP contribution in [0.2, 0.25) is 0 Å². The fraction of sp³-hybridized carbons (Fsp3) is 0.0667. The first kappa shape index (κ1) is 13.7. The zero-order valence-corrected chi connectivity index (χ0v) is 11.6. The highest BCUT2D eigenvalue weighted by Gasteiger charge is 2.31. The van der Waals surface area contributed by atoms with Crippen molar-refractivity contribution in [2.75, 3.05) is 6.54 Å². The average molecular weight is 294 g/mol. The molecule has 1 aromatic heterocycles. The molecule has 7 heteroatoms. The quantitative estimate of drug-likeness (QED) is 0.440. The Morgan fingerprint density at radius 1 is 1.36 bits per heavy atom. The minimum atomic E-state index is -0.00272. The van der Waals surface area contributed by atoms with Gasteiger partial charge in [-0.2, -0.15) is 0 Å². The molecule has 0 atom stereocenters. The summed E-state index contributed by atoms with van der Waals surface area (Å²) in [4.78, 5) is 8.81. The van der Waals surface area contributed by atoms with Crippen molar-refractivity contribution in [3.8, 4) is 0 Å². The summed E-state index contributed by atoms with van der Waals surface area (Å²) in [5, 5.41) is 33.2. The largest absolute Gasteiger partial charge is 0.509 e. The lowest BCUT2D eigenvalue weighted by molar-refractivity contribution is 0.387. The molecule has 0 spiro atoms. The first-order valence-corrected chi connectivity index (χ1v) is 6.61. The molecule has 1 aliphatic rings. The van der Waals surface area contributed by atoms with E-state index in [9.17, 15) is 5.11 Å². The number of allylic oxidation sites excluding steroid dienone is 1. The Balaban J connectivity index is 1.95. The predicted molar refractivity (Wildman–Crippen MR) is 85.7 cm³/mol. The number of imidazole rings is 1. The van der Waals surface area contributed by atoms with E-state index in [-0.39, 0.29) is 24.0 Å². The lowest BCUT2D eigenvalue weighted by Crippen LogP contribution is -2.31. The number of aliphatic hydroxyl groups excluding tert-OH is 1. The average Bonchev–Trinajstić information content (AvgIpc) is 3.05. The van der Waals surface area contributed by atoms with Gasteiger partial charge in [0, 0.05) is 6.21 Å². The fourth-order valence-electron chi connectivity index (χ4n) is 2.33. The summed E-state index contributed by atoms with van der Waals surface area (Å²) in [5.41, 5.74) is 1.87. The minimum absolute atomic E-state index is 0.00272. The van der Waals surface area contributed by atoms with E-state index in [1.54, 1.807) is 0 Å². The SMILES string of the molecule is N=C/C=C\C(=N)N1CC(O)=C(c2nc3ccccc3[nH]2)C1=N. The molecule has 0 fully saturated rings. The number of fused-ring (bicyclic) bond motifs is 1. The Bertz CT molecular complexity index is 812. The number of nitrogens with zero attached hydrogens (tertiary/aromatic N) is 2. The van der Waals surface area contributed by atoms with Gasteiger partial charge >= 0.3 is 0 Å². The van der Waals surface area contributed by atoms with Crippen LogP contribution in [0.5, 0.6) is 0 Å². The maximum absolute atomic E-state index is 10.2. The molecular formula is C15H14N6O. The maximum Gasteiger partial charge on any atom is 0.145 e. The smallest absolute Gasteiger partial charge is 0.145 e. The Labute approximate surface area is 126 Å². The van der Waals surface area contributed by atoms with Crippen molar-refractivity contribution in [3.63, 3.8) is 0 Å². The number of benzene rings is 1. The third kappa shape index (κ3) is 2.18. The lowest BCUT2D eigenvalue weighted by atomic mass is 10.2. The molecule has 1 aromatic carbocycles. The second-order valence-corrected chi connectivity index (χ2v) is 4.77. The molecule has 110 valence electrons. The van der Waals surface area contributed by atoms with E-state index in [2.05, 4.69) is 9.97 Å². The van der Waals surface area contributed by atoms with Crippen molar-refractivity contribution >= 4 is 34.5 Å². The molecule has 2 aromatic rings. The number of hydrogen-bond acceptors (Lipinski definition) is 5. The van der Waals surface area contributed by atoms with Gasteiger partial charge in [-0.25, -0.2) is 4.98 Å². The zero-order chi connectivity index (χ0) is 15.7. The number of rotatable bonds is 3. The van der Waals surface area contributed by atoms with Gasteiger partial charge in [0.05, 0.1) is 23.2 Å². The van der Waals surface area contributed by atoms with Gasteiger partial charge in [-0.15, -0.1) is 0 Å². The van der Waals surface area contributed by atoms with Gasteiger partial charge in [-0.3, -0.25) is 10.8 Å². The van der Waals surface area contributed by atoms with Crippen molar-refractivity contribution in [2.45, 2.75) is 0 Å². The molecule has 7 nitrogen and oxygen atoms in total. The van der Waals surface area contributed by atoms with Gasteiger partial charge < -0.3 is 20.4 Å². The van der Waals surface area contributed by atoms with Crippen LogP contribution >= 0.6 is 0 Å². The van der Waals surface area contributed by atoms with E-state index in [1.165, 1.54) is 17.1 Å². The third-order valence-electron chi connectivity index (χ3n) is 3.37. The van der Waals surface area contributed by atoms with Crippen LogP contribution in [0, 0.1) is 16.2 Å². The van der Waals surface area contributed by atoms with Crippen molar-refractivity contribution in [3.05, 3.63) is 48.0 Å². The van der Waals surface area contributed by atoms with Crippen LogP contribution in [0.4, 0.5) is 0 Å². The molecule has 5 N–H and O–H groups in total. The second kappa shape index (κ2) is 5.28. The van der Waals surface area contributed by atoms with Crippen LogP contribution in [-0.2, 0) is 0 Å². The summed E-state index contributed by atoms with van der Waals surface area (Å²) >= 11 is 0. The molecule has 0 unspecified atom stereocenters. The monoisotopic (exact) mass is 294 g/mol. The van der Waals surface area contributed by atoms with Gasteiger partial charge in [0.2, 0.25) is 0 Å². The fourth-order valence-corrected chi connectivity index (χ4v) is 2.33. The first-order valence-electron chi connectivity index (χ1n) is 6.61. The number of amidine groups is 2. The van der Waals surface area contributed by atoms with Crippen LogP contribution in [0.25, 0.3) is 16.6 Å². The molecule has 22 heavy (non-hydrogen) atoms. The summed E-state index contributed by atoms with van der Waals surface area (Å²) in [6.07, 6.45) is 3.85. The Morgan fingerprint density at radius 3 is 2.86 bits per heavy atom. The van der Waals surface area contributed by atoms with Crippen LogP contribution in [0.3, 0.4) is 0 Å². The van der Waals surface area contributed by atoms with Crippen molar-refractivity contribution < 1.29 is 5.11 Å². The number of aromatic amines is 1. The molecule has 0 amide bonds. The predicted octanol–water partition coefficient (Wildman–Crippen LogP) is 2.31. The van der Waals surface area contributed by atoms with Gasteiger partial charge in [0.1, 0.15) is 23.3 Å². The molecule has 0 saturated carbocycles. The highest BCUT2D eigenvalue weighted by atomic mass is 16.3. The van der Waals surface area contributed by atoms with E-state index >= 15 is 0 Å². The third-order valence-corrected chi connectivity index (χ3v) is 3.37. The van der Waals surface area contributed by atoms with E-state index in [0.717, 1.165) is 17.2 Å². The van der Waals surface area contributed by atoms with E-state index in [1.807, 2.05) is 24.3 Å². The number of aliphatic hydroxyl groups is 1. The number of nitrogens with one attached hydrogen (secondary N) is 4. The molecule has 0 radical (unpaired) electrons. The van der Waals surface area contributed by atoms with Gasteiger partial charge in [-0.05, 0) is 24.3 Å². The molecule has 0 bridgehead atoms. The van der Waals surface area contributed by atoms with Crippen molar-refractivity contribution in [1.29, 1.82) is 16.2 Å². The summed E-state index contributed by atoms with van der Waals surface area (Å²) in [6, 6.07) is 7.46. The molecule has 1 aliphatic heterocycles. The topological polar surface area (TPSA) is 124 Å². The lowest BCUT2D eigenvalue weighted by Gasteiger charge is -2.16. The highest BCUT2D eigenvalue weighted by molar-refractivity contribution is 6.28. The normalized spacial score (nSPS) is 15.3. The number of aromatic nitrogens is 2. The van der Waals surface area contributed by atoms with Crippen molar-refractivity contribution in [1.82, 2.24) is 14.9 Å². The maximum atomic E-state index is 10.2. The van der Waals surface area contributed by atoms with E-state index in [4.69, 9.17) is 16.2 Å². The highest BCUT2D eigenvalue weighted by Crippen LogP contribution is 2.27. The molecular weight excluding hydrogens is 280 g/mol. The van der Waals surface area contributed by atoms with Gasteiger partial charge in [0.25, 0.3) is 0 Å². The minimum Gasteiger partial charge on any atom is -0.509 e. The second-order valence-electron chi connectivity index (χ2n) is 4.77. The van der Waals surface area contributed by atoms with Crippen LogP contribution in [0.1, 0.15) is 5.82 Å². The van der Waals surface area contributed by atoms with Crippen LogP contribution < -0.4 is 0 Å². The van der Waals surface area contributed by atoms with Crippen LogP contribution in [0.15, 0.2) is 42.2 Å². The van der Waals surface area contributed by atoms with Crippen LogP contribution in [-0.4, -0.2) is 44.4 Å². The molecule has 3 rings (SSSR count). The van der Waals surface area contributed by atoms with E-state index < -0.39 is 0 Å². The summed E-state index contributed by atoms with van der Waals surface area (Å²) < 4.78 is 0. The number of hydrogen-bond donors (Lipinski definition) is 5. The van der Waals surface area contributed by atoms with E-state index in [0.29, 0.717) is 11.4 Å². The zero-order valence-electron chi connectivity index (χ0n) is 11.6. The Hall–Kier alpha value is -3.22. The Kier molecular flexibility index (Phi) is 3.30. The molecule has 0 saturated heterocycles. The summed E-state index contributed by atoms with van der Waals surface area (Å²) in [5.74, 6) is 0.453. The number of para-hydroxylation sites is 2. The first-order chi connectivity index (χ1) is 10.6. The molecule has 2 heterocycles. The summed E-state index contributed by atoms with van der Waals surface area (Å²) in [6.45, 7) is 0.0480. The van der Waals surface area contributed by atoms with Gasteiger partial charge in [0.15, 0.2) is 0 Å². The summed E-state index contributed by atoms with van der Waals surface area (Å²) in [7, 11) is 0.